The molecule has 0 heterocycles. The molecule has 0 bridgehead atoms. The van der Waals surface area contributed by atoms with Crippen molar-refractivity contribution in [3.05, 3.63) is 0 Å². The zero-order valence-electron chi connectivity index (χ0n) is 4.80. The van der Waals surface area contributed by atoms with Gasteiger partial charge in [-0.25, -0.2) is 17.2 Å². The second-order valence-electron chi connectivity index (χ2n) is 2.21. The fourth-order valence-corrected chi connectivity index (χ4v) is 2.20. The van der Waals surface area contributed by atoms with Crippen molar-refractivity contribution in [1.82, 2.24) is 0 Å². The van der Waals surface area contributed by atoms with Gasteiger partial charge in [-0.1, -0.05) is 0 Å². The topological polar surface area (TPSA) is 34.1 Å². The van der Waals surface area contributed by atoms with E-state index in [9.17, 15) is 17.2 Å². The highest BCUT2D eigenvalue weighted by atomic mass is 35.7. The predicted octanol–water partition coefficient (Wildman–Crippen LogP) is 1.00. The average molecular weight is 191 g/mol. The summed E-state index contributed by atoms with van der Waals surface area (Å²) in [5, 5.41) is -1.33. The molecule has 0 radical (unpaired) electrons. The number of hydrogen-bond acceptors (Lipinski definition) is 2. The molecule has 10 heavy (non-hydrogen) atoms. The maximum absolute atomic E-state index is 12.2. The Hall–Kier alpha value is 0.1000. The average Bonchev–Trinajstić information content (AvgIpc) is 1.79. The van der Waals surface area contributed by atoms with Gasteiger partial charge in [0.25, 0.3) is 0 Å². The van der Waals surface area contributed by atoms with Crippen LogP contribution in [0.25, 0.3) is 0 Å². The van der Waals surface area contributed by atoms with Crippen LogP contribution in [0.1, 0.15) is 6.42 Å². The summed E-state index contributed by atoms with van der Waals surface area (Å²) in [7, 11) is 0.870. The molecule has 0 saturated heterocycles. The Morgan fingerprint density at radius 1 is 1.40 bits per heavy atom. The molecule has 0 aromatic heterocycles. The number of halogens is 3. The number of hydrogen-bond donors (Lipinski definition) is 0. The summed E-state index contributed by atoms with van der Waals surface area (Å²) >= 11 is 0. The van der Waals surface area contributed by atoms with E-state index in [1.165, 1.54) is 0 Å². The van der Waals surface area contributed by atoms with Crippen LogP contribution in [-0.4, -0.2) is 26.0 Å². The molecule has 1 aliphatic carbocycles. The van der Waals surface area contributed by atoms with Crippen molar-refractivity contribution in [2.24, 2.45) is 0 Å². The number of alkyl halides is 2. The summed E-state index contributed by atoms with van der Waals surface area (Å²) in [6.07, 6.45) is -3.89. The van der Waals surface area contributed by atoms with E-state index in [1.807, 2.05) is 0 Å². The summed E-state index contributed by atoms with van der Waals surface area (Å²) in [5.41, 5.74) is 0. The summed E-state index contributed by atoms with van der Waals surface area (Å²) in [6.45, 7) is 0. The summed E-state index contributed by atoms with van der Waals surface area (Å²) in [4.78, 5) is 0. The Kier molecular flexibility index (Phi) is 1.89. The fraction of sp³-hybridized carbons (Fsp3) is 1.00. The molecule has 60 valence electrons. The Balaban J connectivity index is 2.65. The van der Waals surface area contributed by atoms with Crippen molar-refractivity contribution in [1.29, 1.82) is 0 Å². The minimum absolute atomic E-state index is 0.312. The molecule has 6 heteroatoms. The van der Waals surface area contributed by atoms with Crippen molar-refractivity contribution in [3.63, 3.8) is 0 Å². The molecule has 1 aliphatic rings. The maximum atomic E-state index is 12.2. The van der Waals surface area contributed by atoms with Crippen molar-refractivity contribution in [2.75, 3.05) is 0 Å². The van der Waals surface area contributed by atoms with Gasteiger partial charge in [0.15, 0.2) is 0 Å². The van der Waals surface area contributed by atoms with Crippen LogP contribution in [0.15, 0.2) is 0 Å². The van der Waals surface area contributed by atoms with E-state index >= 15 is 0 Å². The third-order valence-electron chi connectivity index (χ3n) is 1.52. The first-order valence-corrected chi connectivity index (χ1v) is 5.02. The molecular formula is C4H5ClF2O2S. The smallest absolute Gasteiger partial charge is 0.238 e. The van der Waals surface area contributed by atoms with Crippen LogP contribution >= 0.6 is 10.7 Å². The largest absolute Gasteiger partial charge is 0.244 e. The van der Waals surface area contributed by atoms with Crippen LogP contribution in [-0.2, 0) is 9.05 Å². The summed E-state index contributed by atoms with van der Waals surface area (Å²) < 4.78 is 44.9. The Bertz CT molecular complexity index is 227. The van der Waals surface area contributed by atoms with E-state index in [4.69, 9.17) is 10.7 Å². The molecule has 3 atom stereocenters. The van der Waals surface area contributed by atoms with E-state index in [2.05, 4.69) is 0 Å². The van der Waals surface area contributed by atoms with E-state index in [-0.39, 0.29) is 6.42 Å². The molecule has 0 N–H and O–H groups in total. The molecule has 3 unspecified atom stereocenters. The fourth-order valence-electron chi connectivity index (χ4n) is 0.789. The van der Waals surface area contributed by atoms with Gasteiger partial charge in [0.2, 0.25) is 9.05 Å². The van der Waals surface area contributed by atoms with Crippen molar-refractivity contribution in [2.45, 2.75) is 24.0 Å². The van der Waals surface area contributed by atoms with Gasteiger partial charge < -0.3 is 0 Å². The molecule has 0 spiro atoms. The molecule has 0 aliphatic heterocycles. The number of rotatable bonds is 1. The SMILES string of the molecule is O=S(=O)(Cl)C1CC(F)C1F. The predicted molar refractivity (Wildman–Crippen MR) is 33.0 cm³/mol. The zero-order chi connectivity index (χ0) is 7.94. The van der Waals surface area contributed by atoms with Crippen LogP contribution in [0.2, 0.25) is 0 Å². The Morgan fingerprint density at radius 2 is 1.90 bits per heavy atom. The molecular weight excluding hydrogens is 186 g/mol. The van der Waals surface area contributed by atoms with Gasteiger partial charge in [-0.05, 0) is 0 Å². The molecule has 1 saturated carbocycles. The Labute approximate surface area is 61.6 Å². The lowest BCUT2D eigenvalue weighted by Gasteiger charge is -2.31. The zero-order valence-corrected chi connectivity index (χ0v) is 6.37. The second kappa shape index (κ2) is 2.30. The highest BCUT2D eigenvalue weighted by molar-refractivity contribution is 8.14. The van der Waals surface area contributed by atoms with E-state index in [1.54, 1.807) is 0 Å². The van der Waals surface area contributed by atoms with Gasteiger partial charge in [-0.15, -0.1) is 0 Å². The van der Waals surface area contributed by atoms with Gasteiger partial charge in [0, 0.05) is 17.1 Å². The highest BCUT2D eigenvalue weighted by Crippen LogP contribution is 2.34. The summed E-state index contributed by atoms with van der Waals surface area (Å²) in [5.74, 6) is 0. The highest BCUT2D eigenvalue weighted by Gasteiger charge is 2.49. The van der Waals surface area contributed by atoms with E-state index in [0.29, 0.717) is 0 Å². The molecule has 2 nitrogen and oxygen atoms in total. The molecule has 0 amide bonds. The molecule has 1 fully saturated rings. The first-order chi connectivity index (χ1) is 4.43. The lowest BCUT2D eigenvalue weighted by atomic mass is 9.94. The second-order valence-corrected chi connectivity index (χ2v) is 5.06. The van der Waals surface area contributed by atoms with Crippen molar-refractivity contribution in [3.8, 4) is 0 Å². The van der Waals surface area contributed by atoms with Crippen LogP contribution in [0, 0.1) is 0 Å². The standard InChI is InChI=1S/C4H5ClF2O2S/c5-10(8,9)3-1-2(6)4(3)7/h2-4H,1H2. The van der Waals surface area contributed by atoms with E-state index in [0.717, 1.165) is 0 Å². The van der Waals surface area contributed by atoms with Crippen molar-refractivity contribution < 1.29 is 17.2 Å². The van der Waals surface area contributed by atoms with Crippen LogP contribution < -0.4 is 0 Å². The van der Waals surface area contributed by atoms with Gasteiger partial charge in [-0.2, -0.15) is 0 Å². The normalized spacial score (nSPS) is 40.9. The first-order valence-electron chi connectivity index (χ1n) is 2.64. The van der Waals surface area contributed by atoms with Crippen LogP contribution in [0.5, 0.6) is 0 Å². The minimum Gasteiger partial charge on any atom is -0.244 e. The monoisotopic (exact) mass is 190 g/mol. The molecule has 0 aromatic rings. The molecule has 1 rings (SSSR count). The minimum atomic E-state index is -3.89. The van der Waals surface area contributed by atoms with E-state index < -0.39 is 26.6 Å². The lowest BCUT2D eigenvalue weighted by Crippen LogP contribution is -2.48. The summed E-state index contributed by atoms with van der Waals surface area (Å²) in [6, 6.07) is 0. The quantitative estimate of drug-likeness (QED) is 0.579. The van der Waals surface area contributed by atoms with Crippen molar-refractivity contribution >= 4 is 19.7 Å². The first kappa shape index (κ1) is 8.20. The van der Waals surface area contributed by atoms with Crippen LogP contribution in [0.4, 0.5) is 8.78 Å². The lowest BCUT2D eigenvalue weighted by molar-refractivity contribution is 0.0761. The van der Waals surface area contributed by atoms with Gasteiger partial charge >= 0.3 is 0 Å². The third kappa shape index (κ3) is 1.25. The maximum Gasteiger partial charge on any atom is 0.238 e. The molecule has 0 aromatic carbocycles. The van der Waals surface area contributed by atoms with Gasteiger partial charge in [-0.3, -0.25) is 0 Å². The van der Waals surface area contributed by atoms with Crippen LogP contribution in [0.3, 0.4) is 0 Å². The van der Waals surface area contributed by atoms with Gasteiger partial charge in [0.1, 0.15) is 17.6 Å². The van der Waals surface area contributed by atoms with Gasteiger partial charge in [0.05, 0.1) is 0 Å². The Morgan fingerprint density at radius 3 is 2.00 bits per heavy atom. The third-order valence-corrected chi connectivity index (χ3v) is 3.38.